The number of rotatable bonds is 18. The third kappa shape index (κ3) is 13.3. The summed E-state index contributed by atoms with van der Waals surface area (Å²) in [5.74, 6) is 1.88. The number of benzene rings is 3. The van der Waals surface area contributed by atoms with Gasteiger partial charge in [-0.3, -0.25) is 4.79 Å². The Kier molecular flexibility index (Phi) is 17.4. The fourth-order valence-electron chi connectivity index (χ4n) is 4.46. The average molecular weight is 744 g/mol. The second kappa shape index (κ2) is 21.3. The number of thiazole rings is 1. The zero-order chi connectivity index (χ0) is 31.4. The summed E-state index contributed by atoms with van der Waals surface area (Å²) in [4.78, 5) is 16.2. The second-order valence-electron chi connectivity index (χ2n) is 10.7. The zero-order valence-corrected chi connectivity index (χ0v) is 30.0. The highest BCUT2D eigenvalue weighted by Crippen LogP contribution is 2.30. The van der Waals surface area contributed by atoms with Gasteiger partial charge in [0, 0.05) is 26.5 Å². The lowest BCUT2D eigenvalue weighted by molar-refractivity contribution is 0.102. The number of unbranched alkanes of at least 4 members (excludes halogenated alkanes) is 8. The Balaban J connectivity index is 0.000000259. The first kappa shape index (κ1) is 36.0. The molecule has 0 unspecified atom stereocenters. The number of aromatic nitrogens is 1. The summed E-state index contributed by atoms with van der Waals surface area (Å²) in [6.45, 7) is 6.01. The number of ether oxygens (including phenoxy) is 2. The van der Waals surface area contributed by atoms with E-state index >= 15 is 0 Å². The van der Waals surface area contributed by atoms with E-state index in [4.69, 9.17) is 14.5 Å². The van der Waals surface area contributed by atoms with Crippen LogP contribution in [-0.2, 0) is 0 Å². The Morgan fingerprint density at radius 2 is 1.18 bits per heavy atom. The first-order chi connectivity index (χ1) is 21.5. The quantitative estimate of drug-likeness (QED) is 0.0578. The Morgan fingerprint density at radius 1 is 0.682 bits per heavy atom. The van der Waals surface area contributed by atoms with Gasteiger partial charge in [-0.25, -0.2) is 4.98 Å². The lowest BCUT2D eigenvalue weighted by Crippen LogP contribution is -2.01. The molecule has 0 saturated carbocycles. The van der Waals surface area contributed by atoms with Crippen molar-refractivity contribution < 1.29 is 14.3 Å². The molecule has 0 aliphatic carbocycles. The van der Waals surface area contributed by atoms with Gasteiger partial charge in [0.1, 0.15) is 16.5 Å². The molecule has 0 N–H and O–H groups in total. The van der Waals surface area contributed by atoms with Gasteiger partial charge in [-0.1, -0.05) is 109 Å². The summed E-state index contributed by atoms with van der Waals surface area (Å²) < 4.78 is 12.6. The highest BCUT2D eigenvalue weighted by Gasteiger charge is 2.07. The summed E-state index contributed by atoms with van der Waals surface area (Å²) >= 11 is 8.31. The van der Waals surface area contributed by atoms with Crippen LogP contribution in [0.3, 0.4) is 0 Å². The van der Waals surface area contributed by atoms with Crippen LogP contribution in [0.2, 0.25) is 0 Å². The number of carbonyl (C=O) groups excluding carboxylic acids is 1. The van der Waals surface area contributed by atoms with Gasteiger partial charge < -0.3 is 9.47 Å². The van der Waals surface area contributed by atoms with Crippen LogP contribution in [0.1, 0.15) is 88.4 Å². The first-order valence-corrected chi connectivity index (χ1v) is 18.6. The minimum atomic E-state index is 0.0983. The van der Waals surface area contributed by atoms with Gasteiger partial charge >= 0.3 is 0 Å². The van der Waals surface area contributed by atoms with Crippen LogP contribution in [-0.4, -0.2) is 29.3 Å². The van der Waals surface area contributed by atoms with Crippen LogP contribution in [0.4, 0.5) is 0 Å². The predicted octanol–water partition coefficient (Wildman–Crippen LogP) is 12.2. The topological polar surface area (TPSA) is 48.4 Å². The van der Waals surface area contributed by atoms with Crippen LogP contribution in [0, 0.1) is 0 Å². The minimum absolute atomic E-state index is 0.0983. The molecule has 0 aliphatic heterocycles. The molecule has 4 aromatic rings. The third-order valence-corrected chi connectivity index (χ3v) is 9.01. The number of hydrogen-bond acceptors (Lipinski definition) is 5. The molecule has 0 spiro atoms. The summed E-state index contributed by atoms with van der Waals surface area (Å²) in [5.41, 5.74) is 4.01. The molecule has 44 heavy (non-hydrogen) atoms. The van der Waals surface area contributed by atoms with Gasteiger partial charge in [-0.05, 0) is 73.5 Å². The summed E-state index contributed by atoms with van der Waals surface area (Å²) in [7, 11) is 0. The molecule has 0 saturated heterocycles. The van der Waals surface area contributed by atoms with Crippen molar-refractivity contribution in [2.75, 3.05) is 18.5 Å². The Bertz CT molecular complexity index is 1340. The van der Waals surface area contributed by atoms with E-state index in [0.717, 1.165) is 69.4 Å². The molecule has 0 aliphatic rings. The van der Waals surface area contributed by atoms with Crippen LogP contribution in [0.15, 0.2) is 82.6 Å². The van der Waals surface area contributed by atoms with Crippen molar-refractivity contribution in [2.24, 2.45) is 0 Å². The Labute approximate surface area is 284 Å². The molecule has 4 nitrogen and oxygen atoms in total. The maximum Gasteiger partial charge on any atom is 0.173 e. The van der Waals surface area contributed by atoms with Crippen molar-refractivity contribution in [3.8, 4) is 33.3 Å². The first-order valence-electron chi connectivity index (χ1n) is 15.8. The van der Waals surface area contributed by atoms with E-state index in [1.807, 2.05) is 48.5 Å². The predicted molar refractivity (Wildman–Crippen MR) is 194 cm³/mol. The van der Waals surface area contributed by atoms with Gasteiger partial charge in [-0.15, -0.1) is 11.3 Å². The third-order valence-electron chi connectivity index (χ3n) is 7.08. The summed E-state index contributed by atoms with van der Waals surface area (Å²) in [5, 5.41) is 3.52. The highest BCUT2D eigenvalue weighted by atomic mass is 79.9. The highest BCUT2D eigenvalue weighted by molar-refractivity contribution is 9.10. The fourth-order valence-corrected chi connectivity index (χ4v) is 5.88. The molecule has 7 heteroatoms. The van der Waals surface area contributed by atoms with E-state index < -0.39 is 0 Å². The number of Topliss-reactive ketones (excluding diaryl/α,β-unsaturated/α-hetero) is 1. The molecule has 0 radical (unpaired) electrons. The van der Waals surface area contributed by atoms with E-state index in [1.165, 1.54) is 51.4 Å². The van der Waals surface area contributed by atoms with Crippen molar-refractivity contribution in [3.05, 3.63) is 88.2 Å². The van der Waals surface area contributed by atoms with Crippen LogP contribution in [0.25, 0.3) is 21.8 Å². The van der Waals surface area contributed by atoms with E-state index in [-0.39, 0.29) is 5.78 Å². The van der Waals surface area contributed by atoms with Crippen LogP contribution < -0.4 is 9.47 Å². The molecule has 0 atom stereocenters. The average Bonchev–Trinajstić information content (AvgIpc) is 3.56. The van der Waals surface area contributed by atoms with Crippen LogP contribution >= 0.6 is 43.2 Å². The smallest absolute Gasteiger partial charge is 0.173 e. The largest absolute Gasteiger partial charge is 0.494 e. The molecule has 0 amide bonds. The number of nitrogens with zero attached hydrogens (tertiary/aromatic N) is 1. The van der Waals surface area contributed by atoms with E-state index in [9.17, 15) is 4.79 Å². The Hall–Kier alpha value is -2.48. The monoisotopic (exact) mass is 741 g/mol. The number of ketones is 1. The molecule has 1 aromatic heterocycles. The molecule has 4 rings (SSSR count). The number of hydrogen-bond donors (Lipinski definition) is 0. The number of alkyl halides is 1. The van der Waals surface area contributed by atoms with Gasteiger partial charge in [0.05, 0.1) is 24.2 Å². The zero-order valence-electron chi connectivity index (χ0n) is 26.0. The van der Waals surface area contributed by atoms with Gasteiger partial charge in [0.25, 0.3) is 0 Å². The van der Waals surface area contributed by atoms with E-state index in [0.29, 0.717) is 5.33 Å². The van der Waals surface area contributed by atoms with Gasteiger partial charge in [0.15, 0.2) is 5.78 Å². The number of carbonyl (C=O) groups is 1. The summed E-state index contributed by atoms with van der Waals surface area (Å²) in [6.07, 6.45) is 12.5. The molecule has 1 heterocycles. The Morgan fingerprint density at radius 3 is 1.70 bits per heavy atom. The normalized spacial score (nSPS) is 10.6. The molecule has 0 bridgehead atoms. The van der Waals surface area contributed by atoms with Crippen molar-refractivity contribution in [3.63, 3.8) is 0 Å². The van der Waals surface area contributed by atoms with Crippen LogP contribution in [0.5, 0.6) is 11.5 Å². The van der Waals surface area contributed by atoms with Gasteiger partial charge in [0.2, 0.25) is 0 Å². The number of halogens is 2. The van der Waals surface area contributed by atoms with Gasteiger partial charge in [-0.2, -0.15) is 0 Å². The van der Waals surface area contributed by atoms with E-state index in [1.54, 1.807) is 11.3 Å². The van der Waals surface area contributed by atoms with Crippen molar-refractivity contribution in [1.82, 2.24) is 4.98 Å². The minimum Gasteiger partial charge on any atom is -0.494 e. The maximum absolute atomic E-state index is 11.4. The molecule has 236 valence electrons. The lowest BCUT2D eigenvalue weighted by Gasteiger charge is -2.06. The molecular weight excluding hydrogens is 698 g/mol. The molecule has 0 fully saturated rings. The fraction of sp³-hybridized carbons (Fsp3) is 0.405. The maximum atomic E-state index is 11.4. The van der Waals surface area contributed by atoms with Crippen molar-refractivity contribution in [2.45, 2.75) is 78.1 Å². The molecular formula is C37H45Br2NO3S. The second-order valence-corrected chi connectivity index (χ2v) is 13.0. The SMILES string of the molecule is CCCCCCCOc1ccc(-c2csc(-c3ccc(Br)cc3)n2)cc1.CCCCCCCOc1ccc(C(=O)CBr)cc1. The van der Waals surface area contributed by atoms with Crippen molar-refractivity contribution in [1.29, 1.82) is 0 Å². The van der Waals surface area contributed by atoms with E-state index in [2.05, 4.69) is 75.4 Å². The van der Waals surface area contributed by atoms with Crippen molar-refractivity contribution >= 4 is 49.0 Å². The molecule has 3 aromatic carbocycles. The summed E-state index contributed by atoms with van der Waals surface area (Å²) in [6, 6.07) is 23.9. The lowest BCUT2D eigenvalue weighted by atomic mass is 10.1. The standard InChI is InChI=1S/C22H24BrNOS.C15H21BrO2/c1-2-3-4-5-6-15-25-20-13-9-17(10-14-20)21-16-26-22(24-21)18-7-11-19(23)12-8-18;1-2-3-4-5-6-11-18-14-9-7-13(8-10-14)15(17)12-16/h7-14,16H,2-6,15H2,1H3;7-10H,2-6,11-12H2,1H3.